The van der Waals surface area contributed by atoms with Gasteiger partial charge < -0.3 is 9.30 Å². The molecule has 3 aromatic rings. The average molecular weight is 291 g/mol. The number of rotatable bonds is 1. The highest BCUT2D eigenvalue weighted by molar-refractivity contribution is 5.85. The molecule has 0 saturated carbocycles. The summed E-state index contributed by atoms with van der Waals surface area (Å²) in [6, 6.07) is 17.2. The van der Waals surface area contributed by atoms with Gasteiger partial charge in [-0.1, -0.05) is 42.5 Å². The summed E-state index contributed by atoms with van der Waals surface area (Å²) >= 11 is 0. The number of nitrogens with zero attached hydrogens (tertiary/aromatic N) is 1. The minimum atomic E-state index is 0.0253. The quantitative estimate of drug-likeness (QED) is 0.630. The van der Waals surface area contributed by atoms with Gasteiger partial charge in [0.15, 0.2) is 0 Å². The molecule has 0 saturated heterocycles. The molecule has 0 radical (unpaired) electrons. The minimum Gasteiger partial charge on any atom is -0.362 e. The molecule has 1 aliphatic rings. The molecule has 1 aromatic heterocycles. The maximum absolute atomic E-state index is 6.37. The Morgan fingerprint density at radius 1 is 1.00 bits per heavy atom. The Balaban J connectivity index is 2.00. The van der Waals surface area contributed by atoms with Crippen LogP contribution in [-0.2, 0) is 11.3 Å². The number of aromatic nitrogens is 1. The molecule has 0 aliphatic carbocycles. The average Bonchev–Trinajstić information content (AvgIpc) is 2.81. The molecule has 0 fully saturated rings. The van der Waals surface area contributed by atoms with Gasteiger partial charge in [0.1, 0.15) is 6.10 Å². The van der Waals surface area contributed by atoms with Crippen molar-refractivity contribution in [3.63, 3.8) is 0 Å². The number of benzene rings is 2. The Kier molecular flexibility index (Phi) is 3.08. The fourth-order valence-corrected chi connectivity index (χ4v) is 3.73. The first-order valence-electron chi connectivity index (χ1n) is 7.95. The van der Waals surface area contributed by atoms with Gasteiger partial charge in [0.25, 0.3) is 0 Å². The normalized spacial score (nSPS) is 21.0. The molecule has 0 amide bonds. The lowest BCUT2D eigenvalue weighted by Crippen LogP contribution is -2.29. The van der Waals surface area contributed by atoms with Crippen molar-refractivity contribution < 1.29 is 4.74 Å². The second kappa shape index (κ2) is 4.99. The molecular formula is C20H21NO. The third-order valence-corrected chi connectivity index (χ3v) is 4.80. The van der Waals surface area contributed by atoms with Crippen LogP contribution in [0.1, 0.15) is 35.4 Å². The highest BCUT2D eigenvalue weighted by Crippen LogP contribution is 2.39. The predicted octanol–water partition coefficient (Wildman–Crippen LogP) is 4.77. The molecule has 0 spiro atoms. The first-order chi connectivity index (χ1) is 10.7. The zero-order valence-electron chi connectivity index (χ0n) is 13.3. The fraction of sp³-hybridized carbons (Fsp3) is 0.300. The van der Waals surface area contributed by atoms with Gasteiger partial charge in [0.05, 0.1) is 11.8 Å². The van der Waals surface area contributed by atoms with Crippen molar-refractivity contribution in [1.82, 2.24) is 4.57 Å². The van der Waals surface area contributed by atoms with Crippen LogP contribution in [0.4, 0.5) is 0 Å². The van der Waals surface area contributed by atoms with E-state index in [1.165, 1.54) is 33.3 Å². The number of para-hydroxylation sites is 1. The van der Waals surface area contributed by atoms with Crippen molar-refractivity contribution in [2.45, 2.75) is 39.5 Å². The third kappa shape index (κ3) is 1.91. The van der Waals surface area contributed by atoms with Crippen LogP contribution in [0.15, 0.2) is 48.5 Å². The summed E-state index contributed by atoms with van der Waals surface area (Å²) in [5, 5.41) is 1.34. The van der Waals surface area contributed by atoms with Gasteiger partial charge in [-0.05, 0) is 43.5 Å². The number of fused-ring (bicyclic) bond motifs is 3. The zero-order chi connectivity index (χ0) is 15.3. The second-order valence-electron chi connectivity index (χ2n) is 6.32. The molecule has 112 valence electrons. The number of hydrogen-bond acceptors (Lipinski definition) is 1. The van der Waals surface area contributed by atoms with E-state index in [9.17, 15) is 0 Å². The summed E-state index contributed by atoms with van der Waals surface area (Å²) < 4.78 is 8.82. The summed E-state index contributed by atoms with van der Waals surface area (Å²) in [6.07, 6.45) is 0.240. The third-order valence-electron chi connectivity index (χ3n) is 4.80. The maximum atomic E-state index is 6.37. The van der Waals surface area contributed by atoms with Gasteiger partial charge in [-0.2, -0.15) is 0 Å². The van der Waals surface area contributed by atoms with Crippen LogP contribution in [0.3, 0.4) is 0 Å². The van der Waals surface area contributed by atoms with E-state index in [4.69, 9.17) is 4.74 Å². The van der Waals surface area contributed by atoms with Crippen LogP contribution < -0.4 is 0 Å². The van der Waals surface area contributed by atoms with E-state index < -0.39 is 0 Å². The van der Waals surface area contributed by atoms with Gasteiger partial charge in [0, 0.05) is 17.4 Å². The zero-order valence-corrected chi connectivity index (χ0v) is 13.3. The molecule has 2 heteroatoms. The Morgan fingerprint density at radius 3 is 2.55 bits per heavy atom. The molecule has 2 heterocycles. The molecule has 22 heavy (non-hydrogen) atoms. The molecule has 0 unspecified atom stereocenters. The Labute approximate surface area is 131 Å². The van der Waals surface area contributed by atoms with Crippen molar-refractivity contribution in [2.75, 3.05) is 0 Å². The van der Waals surface area contributed by atoms with Crippen molar-refractivity contribution >= 4 is 10.9 Å². The first-order valence-corrected chi connectivity index (χ1v) is 7.95. The van der Waals surface area contributed by atoms with Gasteiger partial charge in [-0.15, -0.1) is 0 Å². The van der Waals surface area contributed by atoms with E-state index in [2.05, 4.69) is 73.9 Å². The summed E-state index contributed by atoms with van der Waals surface area (Å²) in [7, 11) is 0. The van der Waals surface area contributed by atoms with E-state index in [-0.39, 0.29) is 12.2 Å². The van der Waals surface area contributed by atoms with Crippen molar-refractivity contribution in [3.8, 4) is 0 Å². The number of ether oxygens (including phenoxy) is 1. The van der Waals surface area contributed by atoms with Crippen molar-refractivity contribution in [3.05, 3.63) is 70.9 Å². The van der Waals surface area contributed by atoms with E-state index in [0.29, 0.717) is 0 Å². The largest absolute Gasteiger partial charge is 0.362 e. The van der Waals surface area contributed by atoms with Crippen molar-refractivity contribution in [2.24, 2.45) is 0 Å². The molecule has 2 nitrogen and oxygen atoms in total. The fourth-order valence-electron chi connectivity index (χ4n) is 3.73. The van der Waals surface area contributed by atoms with E-state index in [1.54, 1.807) is 0 Å². The van der Waals surface area contributed by atoms with E-state index >= 15 is 0 Å². The predicted molar refractivity (Wildman–Crippen MR) is 90.2 cm³/mol. The van der Waals surface area contributed by atoms with E-state index in [0.717, 1.165) is 6.54 Å². The van der Waals surface area contributed by atoms with Crippen LogP contribution in [0.5, 0.6) is 0 Å². The van der Waals surface area contributed by atoms with Crippen molar-refractivity contribution in [1.29, 1.82) is 0 Å². The number of aryl methyl sites for hydroxylation is 2. The minimum absolute atomic E-state index is 0.0253. The molecule has 4 rings (SSSR count). The smallest absolute Gasteiger partial charge is 0.123 e. The molecule has 0 N–H and O–H groups in total. The Bertz CT molecular complexity index is 846. The SMILES string of the molecule is Cc1ccccc1[C@H]1O[C@@H](C)Cn2c1c(C)c1ccccc12. The van der Waals surface area contributed by atoms with Crippen LogP contribution in [-0.4, -0.2) is 10.7 Å². The Hall–Kier alpha value is -2.06. The molecule has 2 aromatic carbocycles. The molecule has 2 atom stereocenters. The summed E-state index contributed by atoms with van der Waals surface area (Å²) in [6.45, 7) is 7.48. The lowest BCUT2D eigenvalue weighted by molar-refractivity contribution is -0.0148. The highest BCUT2D eigenvalue weighted by atomic mass is 16.5. The van der Waals surface area contributed by atoms with Gasteiger partial charge in [-0.25, -0.2) is 0 Å². The Morgan fingerprint density at radius 2 is 1.73 bits per heavy atom. The monoisotopic (exact) mass is 291 g/mol. The second-order valence-corrected chi connectivity index (χ2v) is 6.32. The lowest BCUT2D eigenvalue weighted by atomic mass is 9.97. The van der Waals surface area contributed by atoms with Crippen LogP contribution >= 0.6 is 0 Å². The summed E-state index contributed by atoms with van der Waals surface area (Å²) in [5.74, 6) is 0. The summed E-state index contributed by atoms with van der Waals surface area (Å²) in [5.41, 5.74) is 6.55. The highest BCUT2D eigenvalue weighted by Gasteiger charge is 2.31. The summed E-state index contributed by atoms with van der Waals surface area (Å²) in [4.78, 5) is 0. The molecule has 1 aliphatic heterocycles. The van der Waals surface area contributed by atoms with Crippen LogP contribution in [0.25, 0.3) is 10.9 Å². The van der Waals surface area contributed by atoms with Gasteiger partial charge in [0.2, 0.25) is 0 Å². The van der Waals surface area contributed by atoms with E-state index in [1.807, 2.05) is 0 Å². The van der Waals surface area contributed by atoms with Crippen LogP contribution in [0.2, 0.25) is 0 Å². The standard InChI is InChI=1S/C20H21NO/c1-13-8-4-5-9-16(13)20-19-15(3)17-10-6-7-11-18(17)21(19)12-14(2)22-20/h4-11,14,20H,12H2,1-3H3/t14-,20+/m0/s1. The topological polar surface area (TPSA) is 14.2 Å². The van der Waals surface area contributed by atoms with Crippen LogP contribution in [0, 0.1) is 13.8 Å². The number of hydrogen-bond donors (Lipinski definition) is 0. The van der Waals surface area contributed by atoms with Gasteiger partial charge >= 0.3 is 0 Å². The first kappa shape index (κ1) is 13.6. The molecular weight excluding hydrogens is 270 g/mol. The lowest BCUT2D eigenvalue weighted by Gasteiger charge is -2.32. The molecule has 0 bridgehead atoms. The van der Waals surface area contributed by atoms with Gasteiger partial charge in [-0.3, -0.25) is 0 Å². The maximum Gasteiger partial charge on any atom is 0.123 e.